The van der Waals surface area contributed by atoms with Gasteiger partial charge in [0.15, 0.2) is 6.10 Å². The summed E-state index contributed by atoms with van der Waals surface area (Å²) in [5.41, 5.74) is 0.00463. The number of benzene rings is 1. The number of aliphatic carboxylic acids is 1. The molecule has 66 valence electrons. The molecule has 0 aliphatic rings. The third kappa shape index (κ3) is 3.38. The van der Waals surface area contributed by atoms with Gasteiger partial charge in [0, 0.05) is 5.56 Å². The van der Waals surface area contributed by atoms with E-state index in [-0.39, 0.29) is 62.7 Å². The molecule has 0 bridgehead atoms. The number of hydrogen-bond donors (Lipinski definition) is 3. The van der Waals surface area contributed by atoms with Gasteiger partial charge in [-0.15, -0.1) is 0 Å². The molecule has 0 saturated heterocycles. The van der Waals surface area contributed by atoms with E-state index in [2.05, 4.69) is 0 Å². The Bertz CT molecular complexity index is 300. The Morgan fingerprint density at radius 1 is 1.31 bits per heavy atom. The summed E-state index contributed by atoms with van der Waals surface area (Å²) in [6, 6.07) is 5.77. The number of phenols is 1. The summed E-state index contributed by atoms with van der Waals surface area (Å²) in [5.74, 6) is -1.59. The topological polar surface area (TPSA) is 77.8 Å². The number of hydrogen-bond acceptors (Lipinski definition) is 3. The second-order valence-electron chi connectivity index (χ2n) is 2.30. The molecule has 0 spiro atoms. The first-order valence-corrected chi connectivity index (χ1v) is 3.31. The van der Waals surface area contributed by atoms with Gasteiger partial charge in [-0.2, -0.15) is 0 Å². The molecule has 5 heteroatoms. The van der Waals surface area contributed by atoms with Crippen LogP contribution in [0.4, 0.5) is 0 Å². The summed E-state index contributed by atoms with van der Waals surface area (Å²) < 4.78 is 0. The van der Waals surface area contributed by atoms with Crippen LogP contribution < -0.4 is 0 Å². The van der Waals surface area contributed by atoms with Crippen molar-refractivity contribution in [1.82, 2.24) is 0 Å². The zero-order valence-electron chi connectivity index (χ0n) is 6.14. The van der Waals surface area contributed by atoms with Crippen LogP contribution in [-0.4, -0.2) is 72.7 Å². The van der Waals surface area contributed by atoms with Crippen LogP contribution in [0, 0.1) is 0 Å². The van der Waals surface area contributed by atoms with Crippen molar-refractivity contribution in [2.75, 3.05) is 0 Å². The standard InChI is InChI=1S/C8H8O4.K.H/c9-6-4-2-1-3-5(6)7(10)8(11)12;;/h1-4,7,9-10H,(H,11,12);;/t7-;;/m1../s1. The Labute approximate surface area is 118 Å². The van der Waals surface area contributed by atoms with Gasteiger partial charge in [-0.3, -0.25) is 0 Å². The number of rotatable bonds is 2. The molecular formula is C8H9KO4. The van der Waals surface area contributed by atoms with Gasteiger partial charge in [-0.1, -0.05) is 18.2 Å². The third-order valence-corrected chi connectivity index (χ3v) is 1.47. The molecule has 0 saturated carbocycles. The van der Waals surface area contributed by atoms with E-state index in [4.69, 9.17) is 15.3 Å². The van der Waals surface area contributed by atoms with Crippen molar-refractivity contribution >= 4 is 57.4 Å². The summed E-state index contributed by atoms with van der Waals surface area (Å²) in [5, 5.41) is 26.5. The summed E-state index contributed by atoms with van der Waals surface area (Å²) >= 11 is 0. The molecule has 0 fully saturated rings. The Morgan fingerprint density at radius 2 is 1.85 bits per heavy atom. The number of carboxylic acids is 1. The van der Waals surface area contributed by atoms with Crippen LogP contribution in [0.15, 0.2) is 24.3 Å². The molecule has 13 heavy (non-hydrogen) atoms. The van der Waals surface area contributed by atoms with Gasteiger partial charge in [0.25, 0.3) is 0 Å². The average Bonchev–Trinajstić information content (AvgIpc) is 2.04. The van der Waals surface area contributed by atoms with Gasteiger partial charge in [0.1, 0.15) is 5.75 Å². The van der Waals surface area contributed by atoms with E-state index in [0.29, 0.717) is 0 Å². The Hall–Kier alpha value is 0.0864. The zero-order valence-corrected chi connectivity index (χ0v) is 6.14. The Balaban J connectivity index is 0.00000144. The van der Waals surface area contributed by atoms with Crippen molar-refractivity contribution in [2.24, 2.45) is 0 Å². The summed E-state index contributed by atoms with van der Waals surface area (Å²) in [6.45, 7) is 0. The van der Waals surface area contributed by atoms with Gasteiger partial charge in [0.05, 0.1) is 0 Å². The fourth-order valence-electron chi connectivity index (χ4n) is 0.852. The van der Waals surface area contributed by atoms with Gasteiger partial charge in [-0.05, 0) is 6.07 Å². The predicted octanol–water partition coefficient (Wildman–Crippen LogP) is -0.138. The molecule has 1 rings (SSSR count). The van der Waals surface area contributed by atoms with Crippen LogP contribution >= 0.6 is 0 Å². The first-order valence-electron chi connectivity index (χ1n) is 3.31. The Kier molecular flexibility index (Phi) is 5.78. The van der Waals surface area contributed by atoms with Gasteiger partial charge >= 0.3 is 57.4 Å². The summed E-state index contributed by atoms with van der Waals surface area (Å²) in [7, 11) is 0. The summed E-state index contributed by atoms with van der Waals surface area (Å²) in [4.78, 5) is 10.3. The fourth-order valence-corrected chi connectivity index (χ4v) is 0.852. The van der Waals surface area contributed by atoms with Crippen LogP contribution in [0.3, 0.4) is 0 Å². The minimum absolute atomic E-state index is 0. The fraction of sp³-hybridized carbons (Fsp3) is 0.125. The maximum atomic E-state index is 10.3. The number of aliphatic hydroxyl groups excluding tert-OH is 1. The van der Waals surface area contributed by atoms with Crippen LogP contribution in [0.1, 0.15) is 11.7 Å². The SMILES string of the molecule is O=C(O)[C@H](O)c1ccccc1O.[KH]. The molecule has 0 aromatic heterocycles. The number of para-hydroxylation sites is 1. The first kappa shape index (κ1) is 13.1. The second-order valence-corrected chi connectivity index (χ2v) is 2.30. The van der Waals surface area contributed by atoms with Crippen molar-refractivity contribution in [3.63, 3.8) is 0 Å². The number of carbonyl (C=O) groups is 1. The van der Waals surface area contributed by atoms with Crippen molar-refractivity contribution in [2.45, 2.75) is 6.10 Å². The summed E-state index contributed by atoms with van der Waals surface area (Å²) in [6.07, 6.45) is -1.66. The van der Waals surface area contributed by atoms with Crippen molar-refractivity contribution < 1.29 is 20.1 Å². The van der Waals surface area contributed by atoms with Gasteiger partial charge in [-0.25, -0.2) is 4.79 Å². The van der Waals surface area contributed by atoms with E-state index < -0.39 is 12.1 Å². The van der Waals surface area contributed by atoms with Crippen molar-refractivity contribution in [3.8, 4) is 5.75 Å². The molecule has 0 unspecified atom stereocenters. The van der Waals surface area contributed by atoms with E-state index in [1.807, 2.05) is 0 Å². The molecular weight excluding hydrogens is 199 g/mol. The van der Waals surface area contributed by atoms with E-state index in [9.17, 15) is 4.79 Å². The normalized spacial score (nSPS) is 11.5. The molecule has 1 atom stereocenters. The molecule has 0 heterocycles. The number of aliphatic hydroxyl groups is 1. The molecule has 1 aromatic carbocycles. The van der Waals surface area contributed by atoms with Crippen LogP contribution in [0.2, 0.25) is 0 Å². The van der Waals surface area contributed by atoms with Crippen LogP contribution in [0.25, 0.3) is 0 Å². The zero-order chi connectivity index (χ0) is 9.14. The van der Waals surface area contributed by atoms with E-state index in [1.54, 1.807) is 12.1 Å². The number of phenolic OH excluding ortho intramolecular Hbond substituents is 1. The minimum atomic E-state index is -1.66. The molecule has 0 aliphatic carbocycles. The molecule has 1 aromatic rings. The molecule has 0 amide bonds. The van der Waals surface area contributed by atoms with Crippen LogP contribution in [-0.2, 0) is 4.79 Å². The second kappa shape index (κ2) is 5.74. The monoisotopic (exact) mass is 208 g/mol. The quantitative estimate of drug-likeness (QED) is 0.591. The van der Waals surface area contributed by atoms with E-state index in [0.717, 1.165) is 0 Å². The molecule has 4 nitrogen and oxygen atoms in total. The van der Waals surface area contributed by atoms with E-state index in [1.165, 1.54) is 12.1 Å². The first-order chi connectivity index (χ1) is 5.63. The van der Waals surface area contributed by atoms with Crippen LogP contribution in [0.5, 0.6) is 5.75 Å². The molecule has 0 aliphatic heterocycles. The van der Waals surface area contributed by atoms with Gasteiger partial charge in [0.2, 0.25) is 0 Å². The van der Waals surface area contributed by atoms with Gasteiger partial charge < -0.3 is 15.3 Å². The van der Waals surface area contributed by atoms with E-state index >= 15 is 0 Å². The molecule has 3 N–H and O–H groups in total. The Morgan fingerprint density at radius 3 is 2.31 bits per heavy atom. The molecule has 0 radical (unpaired) electrons. The van der Waals surface area contributed by atoms with Crippen molar-refractivity contribution in [1.29, 1.82) is 0 Å². The van der Waals surface area contributed by atoms with Crippen molar-refractivity contribution in [3.05, 3.63) is 29.8 Å². The number of carboxylic acid groups (broad SMARTS) is 1. The average molecular weight is 208 g/mol. The third-order valence-electron chi connectivity index (χ3n) is 1.47. The number of aromatic hydroxyl groups is 1. The maximum absolute atomic E-state index is 10.3. The predicted molar refractivity (Wildman–Crippen MR) is 47.9 cm³/mol.